The molecule has 0 aliphatic carbocycles. The number of carboxylic acid groups (broad SMARTS) is 1. The fourth-order valence-corrected chi connectivity index (χ4v) is 2.23. The minimum atomic E-state index is -1.92. The Morgan fingerprint density at radius 2 is 1.94 bits per heavy atom. The third-order valence-corrected chi connectivity index (χ3v) is 2.90. The van der Waals surface area contributed by atoms with Crippen LogP contribution < -0.4 is 9.16 Å². The molecule has 0 radical (unpaired) electrons. The Morgan fingerprint density at radius 1 is 1.33 bits per heavy atom. The van der Waals surface area contributed by atoms with Crippen LogP contribution in [0.3, 0.4) is 0 Å². The second-order valence-corrected chi connectivity index (χ2v) is 9.16. The number of benzene rings is 1. The van der Waals surface area contributed by atoms with Gasteiger partial charge in [0.1, 0.15) is 0 Å². The predicted octanol–water partition coefficient (Wildman–Crippen LogP) is 2.42. The number of carbonyl (C=O) groups excluding carboxylic acids is 1. The van der Waals surface area contributed by atoms with Gasteiger partial charge in [-0.1, -0.05) is 0 Å². The van der Waals surface area contributed by atoms with E-state index in [9.17, 15) is 9.59 Å². The zero-order chi connectivity index (χ0) is 13.9. The van der Waals surface area contributed by atoms with E-state index in [1.807, 2.05) is 19.6 Å². The van der Waals surface area contributed by atoms with Crippen LogP contribution in [-0.4, -0.2) is 32.8 Å². The van der Waals surface area contributed by atoms with Gasteiger partial charge in [-0.15, -0.1) is 0 Å². The van der Waals surface area contributed by atoms with Crippen LogP contribution in [-0.2, 0) is 0 Å². The van der Waals surface area contributed by atoms with Crippen molar-refractivity contribution in [2.75, 3.05) is 7.11 Å². The second-order valence-electron chi connectivity index (χ2n) is 4.73. The fourth-order valence-electron chi connectivity index (χ4n) is 1.40. The molecular formula is C12H16O5Si. The summed E-state index contributed by atoms with van der Waals surface area (Å²) in [5, 5.41) is 8.94. The van der Waals surface area contributed by atoms with Crippen LogP contribution in [0.25, 0.3) is 0 Å². The lowest BCUT2D eigenvalue weighted by atomic mass is 10.1. The lowest BCUT2D eigenvalue weighted by molar-refractivity contribution is 0.0696. The largest absolute Gasteiger partial charge is 0.541 e. The van der Waals surface area contributed by atoms with Crippen molar-refractivity contribution in [3.63, 3.8) is 0 Å². The SMILES string of the molecule is COc1cc(C(=O)O)cc(C=O)c1O[Si](C)(C)C. The lowest BCUT2D eigenvalue weighted by Crippen LogP contribution is -2.30. The molecule has 0 bridgehead atoms. The minimum Gasteiger partial charge on any atom is -0.541 e. The molecule has 1 aromatic carbocycles. The summed E-state index contributed by atoms with van der Waals surface area (Å²) in [7, 11) is -0.515. The Balaban J connectivity index is 3.39. The van der Waals surface area contributed by atoms with Crippen molar-refractivity contribution >= 4 is 20.6 Å². The van der Waals surface area contributed by atoms with E-state index in [1.54, 1.807) is 0 Å². The highest BCUT2D eigenvalue weighted by atomic mass is 28.4. The molecule has 18 heavy (non-hydrogen) atoms. The molecule has 0 fully saturated rings. The number of aromatic carboxylic acids is 1. The van der Waals surface area contributed by atoms with E-state index >= 15 is 0 Å². The monoisotopic (exact) mass is 268 g/mol. The number of hydrogen-bond acceptors (Lipinski definition) is 4. The third kappa shape index (κ3) is 3.33. The molecule has 0 aromatic heterocycles. The van der Waals surface area contributed by atoms with Crippen LogP contribution in [0.2, 0.25) is 19.6 Å². The van der Waals surface area contributed by atoms with Gasteiger partial charge in [-0.2, -0.15) is 0 Å². The van der Waals surface area contributed by atoms with Gasteiger partial charge in [-0.05, 0) is 31.8 Å². The molecule has 0 aliphatic heterocycles. The second kappa shape index (κ2) is 5.22. The van der Waals surface area contributed by atoms with Gasteiger partial charge in [0.25, 0.3) is 0 Å². The van der Waals surface area contributed by atoms with Crippen LogP contribution in [0.5, 0.6) is 11.5 Å². The van der Waals surface area contributed by atoms with Gasteiger partial charge in [0.15, 0.2) is 17.8 Å². The van der Waals surface area contributed by atoms with Gasteiger partial charge in [-0.3, -0.25) is 4.79 Å². The maximum Gasteiger partial charge on any atom is 0.335 e. The quantitative estimate of drug-likeness (QED) is 0.656. The number of methoxy groups -OCH3 is 1. The maximum absolute atomic E-state index is 11.0. The number of carboxylic acids is 1. The van der Waals surface area contributed by atoms with E-state index in [-0.39, 0.29) is 16.9 Å². The summed E-state index contributed by atoms with van der Waals surface area (Å²) in [5.41, 5.74) is 0.186. The normalized spacial score (nSPS) is 10.9. The fraction of sp³-hybridized carbons (Fsp3) is 0.333. The average Bonchev–Trinajstić information content (AvgIpc) is 2.26. The van der Waals surface area contributed by atoms with Crippen molar-refractivity contribution in [1.82, 2.24) is 0 Å². The minimum absolute atomic E-state index is 0.00289. The van der Waals surface area contributed by atoms with Gasteiger partial charge in [-0.25, -0.2) is 4.79 Å². The summed E-state index contributed by atoms with van der Waals surface area (Å²) < 4.78 is 10.9. The predicted molar refractivity (Wildman–Crippen MR) is 69.3 cm³/mol. The van der Waals surface area contributed by atoms with E-state index in [1.165, 1.54) is 19.2 Å². The van der Waals surface area contributed by atoms with Crippen molar-refractivity contribution in [3.05, 3.63) is 23.3 Å². The van der Waals surface area contributed by atoms with Gasteiger partial charge < -0.3 is 14.3 Å². The molecule has 0 spiro atoms. The molecule has 0 saturated carbocycles. The van der Waals surface area contributed by atoms with Crippen molar-refractivity contribution in [2.24, 2.45) is 0 Å². The van der Waals surface area contributed by atoms with Crippen LogP contribution >= 0.6 is 0 Å². The Bertz CT molecular complexity index is 476. The number of aldehydes is 1. The summed E-state index contributed by atoms with van der Waals surface area (Å²) in [4.78, 5) is 22.0. The molecule has 0 unspecified atom stereocenters. The zero-order valence-electron chi connectivity index (χ0n) is 10.8. The van der Waals surface area contributed by atoms with Gasteiger partial charge in [0, 0.05) is 0 Å². The third-order valence-electron chi connectivity index (χ3n) is 2.09. The number of carbonyl (C=O) groups is 2. The van der Waals surface area contributed by atoms with Crippen LogP contribution in [0.4, 0.5) is 0 Å². The molecule has 0 saturated heterocycles. The van der Waals surface area contributed by atoms with Crippen molar-refractivity contribution < 1.29 is 23.9 Å². The number of rotatable bonds is 5. The van der Waals surface area contributed by atoms with E-state index in [0.717, 1.165) is 0 Å². The highest BCUT2D eigenvalue weighted by Gasteiger charge is 2.23. The van der Waals surface area contributed by atoms with Crippen LogP contribution in [0.1, 0.15) is 20.7 Å². The van der Waals surface area contributed by atoms with Crippen molar-refractivity contribution in [1.29, 1.82) is 0 Å². The number of ether oxygens (including phenoxy) is 1. The lowest BCUT2D eigenvalue weighted by Gasteiger charge is -2.22. The molecule has 1 aromatic rings. The standard InChI is InChI=1S/C12H16O5Si/c1-16-10-6-8(12(14)15)5-9(7-13)11(10)17-18(2,3)4/h5-7H,1-4H3,(H,14,15). The molecule has 98 valence electrons. The molecular weight excluding hydrogens is 252 g/mol. The van der Waals surface area contributed by atoms with Crippen LogP contribution in [0, 0.1) is 0 Å². The maximum atomic E-state index is 11.0. The first kappa shape index (κ1) is 14.2. The first-order valence-corrected chi connectivity index (χ1v) is 8.79. The van der Waals surface area contributed by atoms with Gasteiger partial charge >= 0.3 is 5.97 Å². The molecule has 0 amide bonds. The van der Waals surface area contributed by atoms with E-state index in [2.05, 4.69) is 0 Å². The molecule has 6 heteroatoms. The summed E-state index contributed by atoms with van der Waals surface area (Å²) in [6.07, 6.45) is 0.574. The molecule has 1 N–H and O–H groups in total. The topological polar surface area (TPSA) is 72.8 Å². The summed E-state index contributed by atoms with van der Waals surface area (Å²) >= 11 is 0. The molecule has 0 heterocycles. The van der Waals surface area contributed by atoms with Gasteiger partial charge in [0.2, 0.25) is 8.32 Å². The highest BCUT2D eigenvalue weighted by molar-refractivity contribution is 6.70. The van der Waals surface area contributed by atoms with Crippen molar-refractivity contribution in [3.8, 4) is 11.5 Å². The van der Waals surface area contributed by atoms with Crippen LogP contribution in [0.15, 0.2) is 12.1 Å². The molecule has 1 rings (SSSR count). The first-order chi connectivity index (χ1) is 8.28. The average molecular weight is 268 g/mol. The molecule has 5 nitrogen and oxygen atoms in total. The summed E-state index contributed by atoms with van der Waals surface area (Å²) in [5.74, 6) is -0.535. The Labute approximate surface area is 106 Å². The molecule has 0 atom stereocenters. The first-order valence-electron chi connectivity index (χ1n) is 5.38. The van der Waals surface area contributed by atoms with E-state index < -0.39 is 14.3 Å². The highest BCUT2D eigenvalue weighted by Crippen LogP contribution is 2.33. The Hall–Kier alpha value is -1.82. The zero-order valence-corrected chi connectivity index (χ0v) is 11.8. The van der Waals surface area contributed by atoms with Crippen molar-refractivity contribution in [2.45, 2.75) is 19.6 Å². The molecule has 0 aliphatic rings. The summed E-state index contributed by atoms with van der Waals surface area (Å²) in [6, 6.07) is 2.64. The smallest absolute Gasteiger partial charge is 0.335 e. The summed E-state index contributed by atoms with van der Waals surface area (Å²) in [6.45, 7) is 5.89. The Morgan fingerprint density at radius 3 is 2.33 bits per heavy atom. The van der Waals surface area contributed by atoms with E-state index in [4.69, 9.17) is 14.3 Å². The van der Waals surface area contributed by atoms with E-state index in [0.29, 0.717) is 12.0 Å². The Kier molecular flexibility index (Phi) is 4.13. The number of hydrogen-bond donors (Lipinski definition) is 1. The van der Waals surface area contributed by atoms with Gasteiger partial charge in [0.05, 0.1) is 18.2 Å².